The largest absolute Gasteiger partial charge is 0.423 e. The average molecular weight is 431 g/mol. The zero-order chi connectivity index (χ0) is 19.5. The lowest BCUT2D eigenvalue weighted by Gasteiger charge is -2.34. The summed E-state index contributed by atoms with van der Waals surface area (Å²) >= 11 is 7.32. The van der Waals surface area contributed by atoms with Gasteiger partial charge in [-0.2, -0.15) is 18.2 Å². The molecule has 2 atom stereocenters. The molecular weight excluding hydrogens is 417 g/mol. The number of anilines is 1. The van der Waals surface area contributed by atoms with Crippen molar-refractivity contribution < 1.29 is 22.3 Å². The number of hydrogen-bond acceptors (Lipinski definition) is 7. The quantitative estimate of drug-likeness (QED) is 0.667. The lowest BCUT2D eigenvalue weighted by molar-refractivity contribution is -0.136. The summed E-state index contributed by atoms with van der Waals surface area (Å²) in [4.78, 5) is 10.3. The van der Waals surface area contributed by atoms with E-state index < -0.39 is 16.8 Å². The second-order valence-electron chi connectivity index (χ2n) is 6.74. The molecule has 2 unspecified atom stereocenters. The average Bonchev–Trinajstić information content (AvgIpc) is 3.21. The highest BCUT2D eigenvalue weighted by Crippen LogP contribution is 2.45. The van der Waals surface area contributed by atoms with Crippen molar-refractivity contribution in [2.75, 3.05) is 31.2 Å². The van der Waals surface area contributed by atoms with Gasteiger partial charge < -0.3 is 19.4 Å². The number of halogens is 4. The van der Waals surface area contributed by atoms with E-state index in [0.29, 0.717) is 36.9 Å². The number of nitrogens with zero attached hydrogens (tertiary/aromatic N) is 3. The van der Waals surface area contributed by atoms with E-state index in [4.69, 9.17) is 20.8 Å². The number of piperazine rings is 1. The number of benzene rings is 1. The highest BCUT2D eigenvalue weighted by molar-refractivity contribution is 7.13. The molecule has 2 bridgehead atoms. The van der Waals surface area contributed by atoms with Gasteiger partial charge in [-0.1, -0.05) is 11.6 Å². The molecule has 6 nitrogen and oxygen atoms in total. The number of oxazole rings is 1. The molecule has 3 aromatic rings. The van der Waals surface area contributed by atoms with Gasteiger partial charge >= 0.3 is 6.18 Å². The van der Waals surface area contributed by atoms with Crippen molar-refractivity contribution in [1.29, 1.82) is 0 Å². The SMILES string of the molecule is FC(F)(F)c1c(Cl)cc(-c2nccs2)c2oc(N3CC4COCC3CN4)nc12. The first-order valence-corrected chi connectivity index (χ1v) is 9.85. The standard InChI is InChI=1S/C17H14ClF3N4O2S/c18-11-3-10(15-22-1-2-28-15)14-13(12(11)17(19,20)21)24-16(27-14)25-5-8-6-26-7-9(25)4-23-8/h1-3,8-9,23H,4-7H2. The van der Waals surface area contributed by atoms with Crippen LogP contribution >= 0.6 is 22.9 Å². The minimum atomic E-state index is -4.66. The topological polar surface area (TPSA) is 63.4 Å². The first-order chi connectivity index (χ1) is 13.4. The zero-order valence-electron chi connectivity index (χ0n) is 14.3. The summed E-state index contributed by atoms with van der Waals surface area (Å²) in [6.45, 7) is 2.18. The Kier molecular flexibility index (Phi) is 4.27. The Morgan fingerprint density at radius 3 is 2.93 bits per heavy atom. The summed E-state index contributed by atoms with van der Waals surface area (Å²) in [5.74, 6) is 0. The van der Waals surface area contributed by atoms with Crippen molar-refractivity contribution in [3.8, 4) is 10.6 Å². The van der Waals surface area contributed by atoms with E-state index >= 15 is 0 Å². The smallest absolute Gasteiger partial charge is 0.420 e. The molecule has 0 radical (unpaired) electrons. The molecule has 2 aromatic heterocycles. The van der Waals surface area contributed by atoms with E-state index in [2.05, 4.69) is 15.3 Å². The Labute approximate surface area is 166 Å². The third-order valence-corrected chi connectivity index (χ3v) is 6.03. The molecule has 3 aliphatic rings. The molecule has 1 N–H and O–H groups in total. The Hall–Kier alpha value is -1.88. The lowest BCUT2D eigenvalue weighted by atomic mass is 10.1. The molecule has 6 rings (SSSR count). The van der Waals surface area contributed by atoms with Gasteiger partial charge in [0.2, 0.25) is 0 Å². The number of rotatable bonds is 2. The number of thiazole rings is 1. The third kappa shape index (κ3) is 2.95. The second kappa shape index (κ2) is 6.58. The molecule has 3 saturated heterocycles. The number of hydrogen-bond donors (Lipinski definition) is 1. The van der Waals surface area contributed by atoms with Crippen molar-refractivity contribution in [2.45, 2.75) is 18.3 Å². The molecule has 3 fully saturated rings. The first-order valence-electron chi connectivity index (χ1n) is 8.59. The molecule has 5 heterocycles. The minimum absolute atomic E-state index is 0.0377. The van der Waals surface area contributed by atoms with Crippen LogP contribution < -0.4 is 10.2 Å². The van der Waals surface area contributed by atoms with Crippen molar-refractivity contribution >= 4 is 40.1 Å². The van der Waals surface area contributed by atoms with Crippen molar-refractivity contribution in [1.82, 2.24) is 15.3 Å². The summed E-state index contributed by atoms with van der Waals surface area (Å²) in [7, 11) is 0. The van der Waals surface area contributed by atoms with Gasteiger partial charge in [0.1, 0.15) is 16.1 Å². The van der Waals surface area contributed by atoms with Gasteiger partial charge in [0, 0.05) is 30.7 Å². The summed E-state index contributed by atoms with van der Waals surface area (Å²) < 4.78 is 52.6. The summed E-state index contributed by atoms with van der Waals surface area (Å²) in [5.41, 5.74) is -0.852. The second-order valence-corrected chi connectivity index (χ2v) is 8.04. The predicted molar refractivity (Wildman–Crippen MR) is 98.9 cm³/mol. The lowest BCUT2D eigenvalue weighted by Crippen LogP contribution is -2.56. The van der Waals surface area contributed by atoms with Crippen LogP contribution in [0.5, 0.6) is 0 Å². The van der Waals surface area contributed by atoms with Crippen molar-refractivity contribution in [3.63, 3.8) is 0 Å². The van der Waals surface area contributed by atoms with Crippen molar-refractivity contribution in [3.05, 3.63) is 28.2 Å². The highest BCUT2D eigenvalue weighted by atomic mass is 35.5. The fourth-order valence-electron chi connectivity index (χ4n) is 3.65. The van der Waals surface area contributed by atoms with E-state index in [1.54, 1.807) is 11.6 Å². The summed E-state index contributed by atoms with van der Waals surface area (Å²) in [6, 6.07) is 1.39. The number of fused-ring (bicyclic) bond motifs is 5. The fraction of sp³-hybridized carbons (Fsp3) is 0.412. The summed E-state index contributed by atoms with van der Waals surface area (Å²) in [5, 5.41) is 5.18. The number of nitrogens with one attached hydrogen (secondary N) is 1. The van der Waals surface area contributed by atoms with Crippen LogP contribution in [0.15, 0.2) is 22.1 Å². The molecule has 11 heteroatoms. The minimum Gasteiger partial charge on any atom is -0.423 e. The van der Waals surface area contributed by atoms with Crippen LogP contribution in [0.1, 0.15) is 5.56 Å². The normalized spacial score (nSPS) is 22.8. The van der Waals surface area contributed by atoms with Gasteiger partial charge in [0.25, 0.3) is 6.01 Å². The molecule has 0 spiro atoms. The van der Waals surface area contributed by atoms with E-state index in [9.17, 15) is 13.2 Å². The Balaban J connectivity index is 1.72. The Morgan fingerprint density at radius 2 is 2.18 bits per heavy atom. The first kappa shape index (κ1) is 18.2. The van der Waals surface area contributed by atoms with Crippen LogP contribution in [-0.4, -0.2) is 48.4 Å². The van der Waals surface area contributed by atoms with Crippen molar-refractivity contribution in [2.24, 2.45) is 0 Å². The predicted octanol–water partition coefficient (Wildman–Crippen LogP) is 3.80. The van der Waals surface area contributed by atoms with Crippen LogP contribution in [0, 0.1) is 0 Å². The van der Waals surface area contributed by atoms with Crippen LogP contribution in [-0.2, 0) is 10.9 Å². The van der Waals surface area contributed by atoms with Crippen LogP contribution in [0.2, 0.25) is 5.02 Å². The van der Waals surface area contributed by atoms with Crippen LogP contribution in [0.4, 0.5) is 19.2 Å². The van der Waals surface area contributed by atoms with Gasteiger partial charge in [0.15, 0.2) is 5.58 Å². The Morgan fingerprint density at radius 1 is 1.32 bits per heavy atom. The van der Waals surface area contributed by atoms with Gasteiger partial charge in [-0.25, -0.2) is 4.98 Å². The maximum absolute atomic E-state index is 13.7. The summed E-state index contributed by atoms with van der Waals surface area (Å²) in [6.07, 6.45) is -3.08. The molecule has 28 heavy (non-hydrogen) atoms. The van der Waals surface area contributed by atoms with Gasteiger partial charge in [-0.15, -0.1) is 11.3 Å². The van der Waals surface area contributed by atoms with E-state index in [0.717, 1.165) is 0 Å². The number of alkyl halides is 3. The molecule has 148 valence electrons. The molecule has 0 amide bonds. The number of aromatic nitrogens is 2. The van der Waals surface area contributed by atoms with E-state index in [1.807, 2.05) is 4.90 Å². The number of ether oxygens (including phenoxy) is 1. The van der Waals surface area contributed by atoms with Gasteiger partial charge in [-0.3, -0.25) is 0 Å². The molecule has 3 aliphatic heterocycles. The fourth-order valence-corrected chi connectivity index (χ4v) is 4.61. The Bertz CT molecular complexity index is 1020. The van der Waals surface area contributed by atoms with E-state index in [1.165, 1.54) is 17.4 Å². The van der Waals surface area contributed by atoms with Gasteiger partial charge in [-0.05, 0) is 6.07 Å². The van der Waals surface area contributed by atoms with Crippen LogP contribution in [0.25, 0.3) is 21.7 Å². The molecule has 0 saturated carbocycles. The third-order valence-electron chi connectivity index (χ3n) is 4.93. The highest BCUT2D eigenvalue weighted by Gasteiger charge is 2.40. The molecule has 1 aromatic carbocycles. The zero-order valence-corrected chi connectivity index (χ0v) is 15.9. The molecular formula is C17H14ClF3N4O2S. The van der Waals surface area contributed by atoms with E-state index in [-0.39, 0.29) is 29.2 Å². The molecule has 0 aliphatic carbocycles. The monoisotopic (exact) mass is 430 g/mol. The van der Waals surface area contributed by atoms with Crippen LogP contribution in [0.3, 0.4) is 0 Å². The maximum atomic E-state index is 13.7. The maximum Gasteiger partial charge on any atom is 0.420 e. The van der Waals surface area contributed by atoms with Gasteiger partial charge in [0.05, 0.1) is 29.8 Å².